The monoisotopic (exact) mass is 544 g/mol. The molecular weight excluding hydrogens is 512 g/mol. The third-order valence-electron chi connectivity index (χ3n) is 8.62. The predicted molar refractivity (Wildman–Crippen MR) is 148 cm³/mol. The number of Topliss-reactive ketones (excluding diaryl/α,β-unsaturated/α-hetero) is 2. The Morgan fingerprint density at radius 3 is 2.40 bits per heavy atom. The first kappa shape index (κ1) is 26.3. The van der Waals surface area contributed by atoms with Crippen molar-refractivity contribution in [2.75, 3.05) is 21.3 Å². The van der Waals surface area contributed by atoms with Crippen molar-refractivity contribution in [2.24, 2.45) is 0 Å². The fraction of sp³-hybridized carbons (Fsp3) is 0.375. The third kappa shape index (κ3) is 3.45. The number of hydrogen-bond acceptors (Lipinski definition) is 8. The Bertz CT molecular complexity index is 1630. The van der Waals surface area contributed by atoms with Crippen molar-refractivity contribution in [1.82, 2.24) is 0 Å². The zero-order valence-corrected chi connectivity index (χ0v) is 23.2. The molecule has 0 saturated carbocycles. The van der Waals surface area contributed by atoms with Gasteiger partial charge in [0.1, 0.15) is 28.6 Å². The number of carbonyl (C=O) groups is 2. The molecule has 3 aromatic carbocycles. The van der Waals surface area contributed by atoms with Crippen LogP contribution in [0, 0.1) is 0 Å². The van der Waals surface area contributed by atoms with Crippen molar-refractivity contribution >= 4 is 22.3 Å². The Kier molecular flexibility index (Phi) is 6.16. The van der Waals surface area contributed by atoms with Gasteiger partial charge in [-0.05, 0) is 55.7 Å². The Hall–Kier alpha value is -3.88. The molecule has 1 aliphatic heterocycles. The van der Waals surface area contributed by atoms with E-state index in [1.165, 1.54) is 21.3 Å². The second-order valence-electron chi connectivity index (χ2n) is 10.7. The fourth-order valence-electron chi connectivity index (χ4n) is 6.96. The molecule has 0 saturated heterocycles. The van der Waals surface area contributed by atoms with Crippen LogP contribution in [-0.2, 0) is 21.5 Å². The Morgan fingerprint density at radius 2 is 1.70 bits per heavy atom. The maximum Gasteiger partial charge on any atom is 0.195 e. The topological polar surface area (TPSA) is 112 Å². The molecule has 0 spiro atoms. The van der Waals surface area contributed by atoms with Gasteiger partial charge in [0, 0.05) is 36.3 Å². The summed E-state index contributed by atoms with van der Waals surface area (Å²) in [6, 6.07) is 8.80. The zero-order chi connectivity index (χ0) is 28.5. The van der Waals surface area contributed by atoms with Crippen LogP contribution in [0.2, 0.25) is 0 Å². The first-order chi connectivity index (χ1) is 19.2. The summed E-state index contributed by atoms with van der Waals surface area (Å²) in [5.41, 5.74) is 1.77. The summed E-state index contributed by atoms with van der Waals surface area (Å²) >= 11 is 0. The summed E-state index contributed by atoms with van der Waals surface area (Å²) in [5.74, 6) is -0.0861. The number of ketones is 2. The lowest BCUT2D eigenvalue weighted by molar-refractivity contribution is -0.0132. The molecule has 3 aromatic rings. The van der Waals surface area contributed by atoms with Crippen LogP contribution in [0.5, 0.6) is 23.0 Å². The van der Waals surface area contributed by atoms with Gasteiger partial charge in [0.05, 0.1) is 42.9 Å². The lowest BCUT2D eigenvalue weighted by Crippen LogP contribution is -2.45. The summed E-state index contributed by atoms with van der Waals surface area (Å²) in [6.07, 6.45) is 1.33. The van der Waals surface area contributed by atoms with Gasteiger partial charge in [0.15, 0.2) is 11.6 Å². The van der Waals surface area contributed by atoms with E-state index >= 15 is 0 Å². The molecule has 0 aromatic heterocycles. The Morgan fingerprint density at radius 1 is 0.925 bits per heavy atom. The second kappa shape index (κ2) is 9.35. The van der Waals surface area contributed by atoms with Crippen molar-refractivity contribution in [3.8, 4) is 23.0 Å². The summed E-state index contributed by atoms with van der Waals surface area (Å²) < 4.78 is 23.8. The highest BCUT2D eigenvalue weighted by Crippen LogP contribution is 2.57. The minimum atomic E-state index is -1.45. The van der Waals surface area contributed by atoms with Gasteiger partial charge in [-0.25, -0.2) is 0 Å². The van der Waals surface area contributed by atoms with Crippen LogP contribution < -0.4 is 9.47 Å². The molecule has 3 atom stereocenters. The summed E-state index contributed by atoms with van der Waals surface area (Å²) in [4.78, 5) is 26.9. The number of hydrogen-bond donors (Lipinski definition) is 2. The predicted octanol–water partition coefficient (Wildman–Crippen LogP) is 5.37. The highest BCUT2D eigenvalue weighted by atomic mass is 16.5. The van der Waals surface area contributed by atoms with E-state index in [0.29, 0.717) is 64.0 Å². The maximum absolute atomic E-state index is 14.1. The van der Waals surface area contributed by atoms with E-state index in [1.54, 1.807) is 18.2 Å². The molecular formula is C32H32O8. The number of rotatable bonds is 4. The van der Waals surface area contributed by atoms with Gasteiger partial charge in [-0.3, -0.25) is 9.59 Å². The van der Waals surface area contributed by atoms with Gasteiger partial charge in [0.25, 0.3) is 0 Å². The molecule has 8 nitrogen and oxygen atoms in total. The molecule has 208 valence electrons. The van der Waals surface area contributed by atoms with E-state index in [-0.39, 0.29) is 40.1 Å². The molecule has 3 aliphatic rings. The molecule has 6 rings (SSSR count). The minimum absolute atomic E-state index is 0.146. The van der Waals surface area contributed by atoms with Crippen LogP contribution in [0.25, 0.3) is 10.8 Å². The molecule has 0 amide bonds. The molecule has 1 unspecified atom stereocenters. The molecule has 0 radical (unpaired) electrons. The quantitative estimate of drug-likeness (QED) is 0.451. The average molecular weight is 545 g/mol. The van der Waals surface area contributed by atoms with Gasteiger partial charge in [-0.1, -0.05) is 18.2 Å². The van der Waals surface area contributed by atoms with E-state index in [0.717, 1.165) is 12.0 Å². The van der Waals surface area contributed by atoms with Gasteiger partial charge in [-0.2, -0.15) is 0 Å². The van der Waals surface area contributed by atoms with Gasteiger partial charge >= 0.3 is 0 Å². The smallest absolute Gasteiger partial charge is 0.195 e. The molecule has 40 heavy (non-hydrogen) atoms. The molecule has 8 heteroatoms. The zero-order valence-electron chi connectivity index (χ0n) is 23.2. The standard InChI is InChI=1S/C32H32O8/c1-15-11-21-25(16(2)40-15)30(35)28-22(13-19(37-3)14-24(28)38-4)32(21,39-5)20-10-9-18-12-17-7-6-8-23(33)26(17)31(36)27(18)29(20)34/h9-10,12-16,34,36H,6-8,11H2,1-5H3/t15-,16+,32?/m0/s1. The van der Waals surface area contributed by atoms with E-state index in [2.05, 4.69) is 0 Å². The first-order valence-corrected chi connectivity index (χ1v) is 13.5. The van der Waals surface area contributed by atoms with Crippen molar-refractivity contribution < 1.29 is 38.7 Å². The van der Waals surface area contributed by atoms with Crippen LogP contribution in [-0.4, -0.2) is 55.3 Å². The summed E-state index contributed by atoms with van der Waals surface area (Å²) in [5, 5.41) is 24.2. The van der Waals surface area contributed by atoms with Crippen molar-refractivity contribution in [2.45, 2.75) is 57.3 Å². The molecule has 2 aliphatic carbocycles. The van der Waals surface area contributed by atoms with Crippen LogP contribution in [0.3, 0.4) is 0 Å². The van der Waals surface area contributed by atoms with Crippen molar-refractivity contribution in [3.05, 3.63) is 69.3 Å². The maximum atomic E-state index is 14.1. The minimum Gasteiger partial charge on any atom is -0.507 e. The Balaban J connectivity index is 1.75. The van der Waals surface area contributed by atoms with E-state index in [1.807, 2.05) is 26.0 Å². The second-order valence-corrected chi connectivity index (χ2v) is 10.7. The molecule has 1 heterocycles. The van der Waals surface area contributed by atoms with E-state index < -0.39 is 11.7 Å². The number of methoxy groups -OCH3 is 3. The molecule has 0 bridgehead atoms. The van der Waals surface area contributed by atoms with Crippen molar-refractivity contribution in [1.29, 1.82) is 0 Å². The summed E-state index contributed by atoms with van der Waals surface area (Å²) in [6.45, 7) is 3.76. The largest absolute Gasteiger partial charge is 0.507 e. The lowest BCUT2D eigenvalue weighted by atomic mass is 9.66. The number of benzene rings is 3. The third-order valence-corrected chi connectivity index (χ3v) is 8.62. The number of carbonyl (C=O) groups excluding carboxylic acids is 2. The van der Waals surface area contributed by atoms with Crippen LogP contribution in [0.1, 0.15) is 70.5 Å². The van der Waals surface area contributed by atoms with Gasteiger partial charge in [0.2, 0.25) is 0 Å². The first-order valence-electron chi connectivity index (χ1n) is 13.5. The number of ether oxygens (including phenoxy) is 4. The highest BCUT2D eigenvalue weighted by Gasteiger charge is 2.53. The SMILES string of the molecule is COc1cc(OC)c2c(c1)C(OC)(c1ccc3cc4c(c(O)c3c1O)C(=O)CCC4)C1=C(C2=O)[C@@H](C)O[C@@H](C)C1. The van der Waals surface area contributed by atoms with Crippen LogP contribution >= 0.6 is 0 Å². The van der Waals surface area contributed by atoms with E-state index in [4.69, 9.17) is 18.9 Å². The fourth-order valence-corrected chi connectivity index (χ4v) is 6.96. The Labute approximate surface area is 232 Å². The summed E-state index contributed by atoms with van der Waals surface area (Å²) in [7, 11) is 4.53. The average Bonchev–Trinajstić information content (AvgIpc) is 2.93. The number of aromatic hydroxyl groups is 2. The molecule has 0 fully saturated rings. The normalized spacial score (nSPS) is 24.0. The van der Waals surface area contributed by atoms with Gasteiger partial charge < -0.3 is 29.2 Å². The van der Waals surface area contributed by atoms with E-state index in [9.17, 15) is 19.8 Å². The lowest BCUT2D eigenvalue weighted by Gasteiger charge is -2.46. The number of aryl methyl sites for hydroxylation is 1. The van der Waals surface area contributed by atoms with Crippen LogP contribution in [0.15, 0.2) is 41.5 Å². The van der Waals surface area contributed by atoms with Crippen LogP contribution in [0.4, 0.5) is 0 Å². The molecule has 2 N–H and O–H groups in total. The highest BCUT2D eigenvalue weighted by molar-refractivity contribution is 6.15. The van der Waals surface area contributed by atoms with Crippen molar-refractivity contribution in [3.63, 3.8) is 0 Å². The number of phenols is 2. The number of phenolic OH excluding ortho intramolecular Hbond substituents is 2. The van der Waals surface area contributed by atoms with Gasteiger partial charge in [-0.15, -0.1) is 0 Å². The number of fused-ring (bicyclic) bond motifs is 3.